The Morgan fingerprint density at radius 2 is 1.88 bits per heavy atom. The van der Waals surface area contributed by atoms with Crippen LogP contribution in [-0.4, -0.2) is 18.6 Å². The van der Waals surface area contributed by atoms with Gasteiger partial charge in [-0.1, -0.05) is 0 Å². The minimum atomic E-state index is -0.362. The van der Waals surface area contributed by atoms with E-state index < -0.39 is 0 Å². The lowest BCUT2D eigenvalue weighted by Crippen LogP contribution is -2.11. The first-order valence-corrected chi connectivity index (χ1v) is 8.58. The van der Waals surface area contributed by atoms with E-state index in [4.69, 9.17) is 13.9 Å². The van der Waals surface area contributed by atoms with Gasteiger partial charge in [-0.15, -0.1) is 11.3 Å². The monoisotopic (exact) mass is 370 g/mol. The van der Waals surface area contributed by atoms with E-state index in [1.165, 1.54) is 17.6 Å². The Morgan fingerprint density at radius 3 is 2.69 bits per heavy atom. The summed E-state index contributed by atoms with van der Waals surface area (Å²) in [5.41, 5.74) is 1.37. The summed E-state index contributed by atoms with van der Waals surface area (Å²) in [7, 11) is 0. The fraction of sp³-hybridized carbons (Fsp3) is 0.111. The number of anilines is 2. The molecule has 8 heteroatoms. The molecule has 2 aromatic heterocycles. The second-order valence-electron chi connectivity index (χ2n) is 5.58. The molecule has 3 heterocycles. The maximum Gasteiger partial charge on any atom is 0.291 e. The molecule has 0 bridgehead atoms. The molecule has 0 radical (unpaired) electrons. The molecular weight excluding hydrogens is 356 g/mol. The van der Waals surface area contributed by atoms with Gasteiger partial charge in [0, 0.05) is 11.8 Å². The average molecular weight is 370 g/mol. The number of ether oxygens (including phenoxy) is 2. The number of carbonyl (C=O) groups excluding carboxylic acids is 2. The van der Waals surface area contributed by atoms with Crippen LogP contribution in [0.2, 0.25) is 0 Å². The van der Waals surface area contributed by atoms with Gasteiger partial charge in [-0.05, 0) is 42.8 Å². The lowest BCUT2D eigenvalue weighted by Gasteiger charge is -2.05. The fourth-order valence-corrected chi connectivity index (χ4v) is 3.48. The van der Waals surface area contributed by atoms with E-state index in [2.05, 4.69) is 10.6 Å². The van der Waals surface area contributed by atoms with Crippen molar-refractivity contribution in [1.82, 2.24) is 0 Å². The third-order valence-electron chi connectivity index (χ3n) is 3.74. The minimum absolute atomic E-state index is 0.176. The molecular formula is C18H14N2O5S. The number of rotatable bonds is 4. The highest BCUT2D eigenvalue weighted by Gasteiger charge is 2.18. The summed E-state index contributed by atoms with van der Waals surface area (Å²) >= 11 is 1.20. The van der Waals surface area contributed by atoms with Crippen LogP contribution in [0.15, 0.2) is 47.1 Å². The van der Waals surface area contributed by atoms with Crippen LogP contribution >= 0.6 is 11.3 Å². The van der Waals surface area contributed by atoms with Crippen LogP contribution in [0.5, 0.6) is 11.5 Å². The van der Waals surface area contributed by atoms with Crippen LogP contribution in [0.25, 0.3) is 0 Å². The molecule has 2 N–H and O–H groups in total. The number of nitrogens with one attached hydrogen (secondary N) is 2. The molecule has 4 rings (SSSR count). The van der Waals surface area contributed by atoms with E-state index in [1.54, 1.807) is 36.4 Å². The number of aryl methyl sites for hydroxylation is 1. The van der Waals surface area contributed by atoms with E-state index in [-0.39, 0.29) is 24.4 Å². The highest BCUT2D eigenvalue weighted by atomic mass is 32.1. The van der Waals surface area contributed by atoms with Crippen LogP contribution in [-0.2, 0) is 0 Å². The molecule has 26 heavy (non-hydrogen) atoms. The minimum Gasteiger partial charge on any atom is -0.459 e. The molecule has 0 unspecified atom stereocenters. The van der Waals surface area contributed by atoms with Crippen molar-refractivity contribution < 1.29 is 23.5 Å². The van der Waals surface area contributed by atoms with Gasteiger partial charge in [0.1, 0.15) is 0 Å². The number of hydrogen-bond donors (Lipinski definition) is 2. The van der Waals surface area contributed by atoms with Crippen molar-refractivity contribution in [3.63, 3.8) is 0 Å². The van der Waals surface area contributed by atoms with Gasteiger partial charge in [-0.2, -0.15) is 0 Å². The highest BCUT2D eigenvalue weighted by Crippen LogP contribution is 2.35. The zero-order chi connectivity index (χ0) is 18.1. The third-order valence-corrected chi connectivity index (χ3v) is 4.89. The Labute approximate surface area is 152 Å². The second kappa shape index (κ2) is 6.57. The molecule has 2 amide bonds. The van der Waals surface area contributed by atoms with Gasteiger partial charge < -0.3 is 24.5 Å². The second-order valence-corrected chi connectivity index (χ2v) is 6.63. The van der Waals surface area contributed by atoms with E-state index in [0.29, 0.717) is 27.1 Å². The maximum atomic E-state index is 12.6. The normalized spacial score (nSPS) is 12.0. The summed E-state index contributed by atoms with van der Waals surface area (Å²) < 4.78 is 15.6. The van der Waals surface area contributed by atoms with Gasteiger partial charge >= 0.3 is 0 Å². The number of thiophene rings is 1. The largest absolute Gasteiger partial charge is 0.459 e. The molecule has 0 spiro atoms. The van der Waals surface area contributed by atoms with Crippen molar-refractivity contribution in [3.05, 3.63) is 58.9 Å². The fourth-order valence-electron chi connectivity index (χ4n) is 2.51. The summed E-state index contributed by atoms with van der Waals surface area (Å²) in [6.07, 6.45) is 1.43. The first-order valence-electron chi connectivity index (χ1n) is 7.76. The topological polar surface area (TPSA) is 89.8 Å². The predicted molar refractivity (Wildman–Crippen MR) is 96.2 cm³/mol. The number of furan rings is 1. The third kappa shape index (κ3) is 3.14. The van der Waals surface area contributed by atoms with E-state index in [0.717, 1.165) is 5.56 Å². The average Bonchev–Trinajstić information content (AvgIpc) is 3.34. The predicted octanol–water partition coefficient (Wildman–Crippen LogP) is 3.88. The van der Waals surface area contributed by atoms with Crippen molar-refractivity contribution in [2.24, 2.45) is 0 Å². The Bertz CT molecular complexity index is 978. The summed E-state index contributed by atoms with van der Waals surface area (Å²) in [5, 5.41) is 6.12. The van der Waals surface area contributed by atoms with Gasteiger partial charge in [0.15, 0.2) is 17.3 Å². The SMILES string of the molecule is Cc1cc(NC(=O)c2ccco2)sc1C(=O)Nc1ccc2c(c1)OCO2. The van der Waals surface area contributed by atoms with Gasteiger partial charge in [0.25, 0.3) is 11.8 Å². The quantitative estimate of drug-likeness (QED) is 0.727. The zero-order valence-corrected chi connectivity index (χ0v) is 14.5. The van der Waals surface area contributed by atoms with Crippen molar-refractivity contribution in [1.29, 1.82) is 0 Å². The molecule has 0 fully saturated rings. The summed E-state index contributed by atoms with van der Waals surface area (Å²) in [5.74, 6) is 0.835. The molecule has 0 aliphatic carbocycles. The molecule has 1 aromatic carbocycles. The summed E-state index contributed by atoms with van der Waals surface area (Å²) in [6, 6.07) is 10.2. The van der Waals surface area contributed by atoms with Gasteiger partial charge in [0.2, 0.25) is 6.79 Å². The van der Waals surface area contributed by atoms with E-state index in [9.17, 15) is 9.59 Å². The molecule has 0 saturated heterocycles. The van der Waals surface area contributed by atoms with Crippen molar-refractivity contribution >= 4 is 33.8 Å². The Kier molecular flexibility index (Phi) is 4.10. The number of amides is 2. The van der Waals surface area contributed by atoms with Crippen LogP contribution in [0.4, 0.5) is 10.7 Å². The van der Waals surface area contributed by atoms with Crippen LogP contribution in [0.3, 0.4) is 0 Å². The number of fused-ring (bicyclic) bond motifs is 1. The van der Waals surface area contributed by atoms with Gasteiger partial charge in [0.05, 0.1) is 16.1 Å². The highest BCUT2D eigenvalue weighted by molar-refractivity contribution is 7.18. The molecule has 1 aliphatic heterocycles. The Hall–Kier alpha value is -3.26. The van der Waals surface area contributed by atoms with E-state index >= 15 is 0 Å². The number of hydrogen-bond acceptors (Lipinski definition) is 6. The van der Waals surface area contributed by atoms with E-state index in [1.807, 2.05) is 6.92 Å². The molecule has 3 aromatic rings. The van der Waals surface area contributed by atoms with Crippen molar-refractivity contribution in [2.45, 2.75) is 6.92 Å². The molecule has 1 aliphatic rings. The van der Waals surface area contributed by atoms with Crippen LogP contribution in [0, 0.1) is 6.92 Å². The van der Waals surface area contributed by atoms with Crippen LogP contribution < -0.4 is 20.1 Å². The van der Waals surface area contributed by atoms with Gasteiger partial charge in [-0.25, -0.2) is 0 Å². The van der Waals surface area contributed by atoms with Crippen LogP contribution in [0.1, 0.15) is 25.8 Å². The smallest absolute Gasteiger partial charge is 0.291 e. The lowest BCUT2D eigenvalue weighted by molar-refractivity contribution is 0.0995. The maximum absolute atomic E-state index is 12.6. The Morgan fingerprint density at radius 1 is 1.04 bits per heavy atom. The molecule has 0 saturated carbocycles. The Balaban J connectivity index is 1.48. The number of benzene rings is 1. The summed E-state index contributed by atoms with van der Waals surface area (Å²) in [4.78, 5) is 25.1. The van der Waals surface area contributed by atoms with Gasteiger partial charge in [-0.3, -0.25) is 9.59 Å². The molecule has 132 valence electrons. The standard InChI is InChI=1S/C18H14N2O5S/c1-10-7-15(20-17(21)13-3-2-6-23-13)26-16(10)18(22)19-11-4-5-12-14(8-11)25-9-24-12/h2-8H,9H2,1H3,(H,19,22)(H,20,21). The van der Waals surface area contributed by atoms with Crippen molar-refractivity contribution in [3.8, 4) is 11.5 Å². The lowest BCUT2D eigenvalue weighted by atomic mass is 10.2. The first-order chi connectivity index (χ1) is 12.6. The first kappa shape index (κ1) is 16.2. The molecule has 7 nitrogen and oxygen atoms in total. The zero-order valence-electron chi connectivity index (χ0n) is 13.7. The molecule has 0 atom stereocenters. The van der Waals surface area contributed by atoms with Crippen molar-refractivity contribution in [2.75, 3.05) is 17.4 Å². The summed E-state index contributed by atoms with van der Waals surface area (Å²) in [6.45, 7) is 1.99. The number of carbonyl (C=O) groups is 2.